The lowest BCUT2D eigenvalue weighted by Gasteiger charge is -2.22. The van der Waals surface area contributed by atoms with Gasteiger partial charge in [0.1, 0.15) is 5.75 Å². The van der Waals surface area contributed by atoms with Crippen LogP contribution in [0.1, 0.15) is 41.9 Å². The van der Waals surface area contributed by atoms with Gasteiger partial charge in [0.15, 0.2) is 0 Å². The number of rotatable bonds is 4. The van der Waals surface area contributed by atoms with Crippen LogP contribution >= 0.6 is 11.6 Å². The van der Waals surface area contributed by atoms with Crippen LogP contribution in [0, 0.1) is 0 Å². The molecular formula is C15H20ClNO3. The third-order valence-corrected chi connectivity index (χ3v) is 4.22. The maximum Gasteiger partial charge on any atom is 0.312 e. The number of carboxylic acids is 1. The number of carboxylic acid groups (broad SMARTS) is 1. The minimum absolute atomic E-state index is 0.0402. The van der Waals surface area contributed by atoms with Crippen molar-refractivity contribution in [2.75, 3.05) is 13.7 Å². The van der Waals surface area contributed by atoms with Crippen molar-refractivity contribution in [2.24, 2.45) is 5.73 Å². The zero-order valence-electron chi connectivity index (χ0n) is 11.6. The highest BCUT2D eigenvalue weighted by Gasteiger charge is 2.29. The molecule has 4 nitrogen and oxygen atoms in total. The summed E-state index contributed by atoms with van der Waals surface area (Å²) in [5.41, 5.74) is 8.56. The van der Waals surface area contributed by atoms with Crippen molar-refractivity contribution in [3.05, 3.63) is 27.8 Å². The number of nitrogens with two attached hydrogens (primary N) is 1. The Labute approximate surface area is 123 Å². The number of ether oxygens (including phenoxy) is 1. The highest BCUT2D eigenvalue weighted by atomic mass is 35.5. The summed E-state index contributed by atoms with van der Waals surface area (Å²) in [7, 11) is 1.52. The fourth-order valence-electron chi connectivity index (χ4n) is 2.97. The first kappa shape index (κ1) is 15.1. The highest BCUT2D eigenvalue weighted by molar-refractivity contribution is 6.32. The van der Waals surface area contributed by atoms with Crippen LogP contribution in [0.5, 0.6) is 5.75 Å². The van der Waals surface area contributed by atoms with E-state index in [4.69, 9.17) is 22.1 Å². The van der Waals surface area contributed by atoms with E-state index in [2.05, 4.69) is 0 Å². The summed E-state index contributed by atoms with van der Waals surface area (Å²) in [6.07, 6.45) is 5.11. The van der Waals surface area contributed by atoms with Gasteiger partial charge in [0.25, 0.3) is 0 Å². The second-order valence-electron chi connectivity index (χ2n) is 5.13. The van der Waals surface area contributed by atoms with Crippen molar-refractivity contribution in [1.29, 1.82) is 0 Å². The summed E-state index contributed by atoms with van der Waals surface area (Å²) in [6, 6.07) is 1.92. The van der Waals surface area contributed by atoms with Gasteiger partial charge in [-0.1, -0.05) is 18.0 Å². The average Bonchev–Trinajstić information content (AvgIpc) is 2.64. The number of halogens is 1. The molecule has 0 radical (unpaired) electrons. The van der Waals surface area contributed by atoms with Crippen LogP contribution in [0.25, 0.3) is 0 Å². The number of aliphatic carboxylic acids is 1. The average molecular weight is 298 g/mol. The van der Waals surface area contributed by atoms with Crippen LogP contribution in [0.15, 0.2) is 6.07 Å². The lowest BCUT2D eigenvalue weighted by molar-refractivity contribution is -0.138. The smallest absolute Gasteiger partial charge is 0.312 e. The van der Waals surface area contributed by atoms with Gasteiger partial charge >= 0.3 is 5.97 Å². The van der Waals surface area contributed by atoms with Crippen molar-refractivity contribution < 1.29 is 14.6 Å². The zero-order valence-corrected chi connectivity index (χ0v) is 12.4. The number of methoxy groups -OCH3 is 1. The van der Waals surface area contributed by atoms with Gasteiger partial charge in [0.2, 0.25) is 0 Å². The summed E-state index contributed by atoms with van der Waals surface area (Å²) in [6.45, 7) is 0.0402. The molecule has 2 rings (SSSR count). The predicted molar refractivity (Wildman–Crippen MR) is 78.7 cm³/mol. The Bertz CT molecular complexity index is 516. The summed E-state index contributed by atoms with van der Waals surface area (Å²) >= 11 is 6.27. The second-order valence-corrected chi connectivity index (χ2v) is 5.54. The zero-order chi connectivity index (χ0) is 14.7. The highest BCUT2D eigenvalue weighted by Crippen LogP contribution is 2.40. The van der Waals surface area contributed by atoms with Gasteiger partial charge in [-0.05, 0) is 42.9 Å². The first-order chi connectivity index (χ1) is 9.60. The van der Waals surface area contributed by atoms with Crippen LogP contribution in [0.4, 0.5) is 0 Å². The molecule has 1 aromatic rings. The molecule has 110 valence electrons. The molecular weight excluding hydrogens is 278 g/mol. The Hall–Kier alpha value is -1.26. The first-order valence-corrected chi connectivity index (χ1v) is 7.29. The van der Waals surface area contributed by atoms with Gasteiger partial charge in [-0.25, -0.2) is 0 Å². The number of carbonyl (C=O) groups is 1. The maximum atomic E-state index is 11.5. The van der Waals surface area contributed by atoms with E-state index in [1.165, 1.54) is 7.11 Å². The van der Waals surface area contributed by atoms with Crippen molar-refractivity contribution in [3.63, 3.8) is 0 Å². The van der Waals surface area contributed by atoms with Gasteiger partial charge in [0.05, 0.1) is 18.1 Å². The lowest BCUT2D eigenvalue weighted by atomic mass is 9.88. The predicted octanol–water partition coefficient (Wildman–Crippen LogP) is 2.74. The van der Waals surface area contributed by atoms with Crippen molar-refractivity contribution in [2.45, 2.75) is 38.0 Å². The van der Waals surface area contributed by atoms with Crippen LogP contribution in [0.3, 0.4) is 0 Å². The van der Waals surface area contributed by atoms with E-state index < -0.39 is 11.9 Å². The topological polar surface area (TPSA) is 72.5 Å². The van der Waals surface area contributed by atoms with E-state index >= 15 is 0 Å². The lowest BCUT2D eigenvalue weighted by Crippen LogP contribution is -2.23. The third kappa shape index (κ3) is 2.76. The molecule has 1 aliphatic carbocycles. The molecule has 5 heteroatoms. The Morgan fingerprint density at radius 2 is 2.15 bits per heavy atom. The van der Waals surface area contributed by atoms with Crippen LogP contribution < -0.4 is 10.5 Å². The molecule has 0 amide bonds. The number of aryl methyl sites for hydroxylation is 1. The maximum absolute atomic E-state index is 11.5. The minimum atomic E-state index is -0.931. The Kier molecular flexibility index (Phi) is 4.89. The van der Waals surface area contributed by atoms with Gasteiger partial charge in [-0.3, -0.25) is 4.79 Å². The van der Waals surface area contributed by atoms with E-state index in [0.29, 0.717) is 16.3 Å². The SMILES string of the molecule is COc1c(Cl)cc2c(c1C(CN)C(=O)O)CCCCC2. The van der Waals surface area contributed by atoms with Crippen molar-refractivity contribution in [3.8, 4) is 5.75 Å². The fraction of sp³-hybridized carbons (Fsp3) is 0.533. The van der Waals surface area contributed by atoms with Gasteiger partial charge in [-0.2, -0.15) is 0 Å². The van der Waals surface area contributed by atoms with Gasteiger partial charge in [-0.15, -0.1) is 0 Å². The van der Waals surface area contributed by atoms with Gasteiger partial charge < -0.3 is 15.6 Å². The fourth-order valence-corrected chi connectivity index (χ4v) is 3.29. The molecule has 0 spiro atoms. The van der Waals surface area contributed by atoms with Crippen LogP contribution in [-0.2, 0) is 17.6 Å². The quantitative estimate of drug-likeness (QED) is 0.838. The Morgan fingerprint density at radius 1 is 1.45 bits per heavy atom. The van der Waals surface area contributed by atoms with Crippen LogP contribution in [0.2, 0.25) is 5.02 Å². The summed E-state index contributed by atoms with van der Waals surface area (Å²) in [5, 5.41) is 9.91. The van der Waals surface area contributed by atoms with E-state index in [0.717, 1.165) is 43.2 Å². The molecule has 0 saturated carbocycles. The van der Waals surface area contributed by atoms with Crippen molar-refractivity contribution in [1.82, 2.24) is 0 Å². The van der Waals surface area contributed by atoms with E-state index in [9.17, 15) is 9.90 Å². The first-order valence-electron chi connectivity index (χ1n) is 6.91. The molecule has 1 aliphatic rings. The molecule has 1 unspecified atom stereocenters. The molecule has 0 heterocycles. The molecule has 20 heavy (non-hydrogen) atoms. The molecule has 0 aromatic heterocycles. The summed E-state index contributed by atoms with van der Waals surface area (Å²) in [5.74, 6) is -1.24. The summed E-state index contributed by atoms with van der Waals surface area (Å²) < 4.78 is 5.37. The van der Waals surface area contributed by atoms with E-state index in [-0.39, 0.29) is 6.54 Å². The molecule has 1 atom stereocenters. The monoisotopic (exact) mass is 297 g/mol. The molecule has 3 N–H and O–H groups in total. The molecule has 0 fully saturated rings. The normalized spacial score (nSPS) is 16.1. The third-order valence-electron chi connectivity index (χ3n) is 3.93. The van der Waals surface area contributed by atoms with Crippen LogP contribution in [-0.4, -0.2) is 24.7 Å². The Balaban J connectivity index is 2.67. The number of hydrogen-bond donors (Lipinski definition) is 2. The largest absolute Gasteiger partial charge is 0.495 e. The molecule has 0 bridgehead atoms. The molecule has 0 aliphatic heterocycles. The molecule has 0 saturated heterocycles. The number of benzene rings is 1. The van der Waals surface area contributed by atoms with Crippen molar-refractivity contribution >= 4 is 17.6 Å². The second kappa shape index (κ2) is 6.46. The standard InChI is InChI=1S/C15H20ClNO3/c1-20-14-12(16)7-9-5-3-2-4-6-10(9)13(14)11(8-17)15(18)19/h7,11H,2-6,8,17H2,1H3,(H,18,19). The van der Waals surface area contributed by atoms with Gasteiger partial charge in [0, 0.05) is 12.1 Å². The van der Waals surface area contributed by atoms with E-state index in [1.807, 2.05) is 6.07 Å². The summed E-state index contributed by atoms with van der Waals surface area (Å²) in [4.78, 5) is 11.5. The Morgan fingerprint density at radius 3 is 2.75 bits per heavy atom. The minimum Gasteiger partial charge on any atom is -0.495 e. The number of hydrogen-bond acceptors (Lipinski definition) is 3. The van der Waals surface area contributed by atoms with E-state index in [1.54, 1.807) is 0 Å². The molecule has 1 aromatic carbocycles. The number of fused-ring (bicyclic) bond motifs is 1.